The van der Waals surface area contributed by atoms with Crippen LogP contribution < -0.4 is 5.32 Å². The van der Waals surface area contributed by atoms with Crippen LogP contribution in [0.15, 0.2) is 11.6 Å². The fourth-order valence-corrected chi connectivity index (χ4v) is 6.44. The molecular formula is C27H47NO17. The van der Waals surface area contributed by atoms with E-state index >= 15 is 0 Å². The Balaban J connectivity index is 1.44. The van der Waals surface area contributed by atoms with Gasteiger partial charge in [0.25, 0.3) is 0 Å². The Bertz CT molecular complexity index is 972. The molecule has 0 amide bonds. The highest BCUT2D eigenvalue weighted by Crippen LogP contribution is 2.35. The minimum atomic E-state index is -1.89. The molecule has 0 aromatic rings. The molecule has 0 aromatic heterocycles. The van der Waals surface area contributed by atoms with Crippen LogP contribution in [0.3, 0.4) is 0 Å². The third kappa shape index (κ3) is 7.38. The smallest absolute Gasteiger partial charge is 0.187 e. The third-order valence-corrected chi connectivity index (χ3v) is 9.23. The summed E-state index contributed by atoms with van der Waals surface area (Å²) < 4.78 is 22.5. The number of hydrogen-bond acceptors (Lipinski definition) is 18. The van der Waals surface area contributed by atoms with Crippen molar-refractivity contribution in [2.45, 2.75) is 130 Å². The molecule has 0 aromatic carbocycles. The Labute approximate surface area is 258 Å². The summed E-state index contributed by atoms with van der Waals surface area (Å²) in [6.07, 6.45) is -23.7. The fourth-order valence-electron chi connectivity index (χ4n) is 6.44. The molecule has 19 atom stereocenters. The van der Waals surface area contributed by atoms with Gasteiger partial charge in [0.15, 0.2) is 12.6 Å². The fraction of sp³-hybridized carbons (Fsp3) is 0.926. The second-order valence-corrected chi connectivity index (χ2v) is 12.1. The quantitative estimate of drug-likeness (QED) is 0.0970. The van der Waals surface area contributed by atoms with Crippen molar-refractivity contribution < 1.29 is 85.3 Å². The number of nitrogens with one attached hydrogen (secondary N) is 1. The summed E-state index contributed by atoms with van der Waals surface area (Å²) in [6.45, 7) is -0.339. The molecule has 2 heterocycles. The maximum atomic E-state index is 11.0. The average molecular weight is 658 g/mol. The van der Waals surface area contributed by atoms with Gasteiger partial charge in [0, 0.05) is 18.6 Å². The molecule has 4 rings (SSSR count). The van der Waals surface area contributed by atoms with Gasteiger partial charge in [-0.1, -0.05) is 13.0 Å². The number of hydrogen-bond donors (Lipinski definition) is 14. The number of aliphatic hydroxyl groups excluding tert-OH is 13. The second-order valence-electron chi connectivity index (χ2n) is 12.1. The van der Waals surface area contributed by atoms with Crippen molar-refractivity contribution in [1.29, 1.82) is 0 Å². The van der Waals surface area contributed by atoms with Gasteiger partial charge in [-0.2, -0.15) is 0 Å². The maximum absolute atomic E-state index is 11.0. The van der Waals surface area contributed by atoms with Gasteiger partial charge in [0.05, 0.1) is 37.6 Å². The molecule has 262 valence electrons. The first-order chi connectivity index (χ1) is 21.3. The van der Waals surface area contributed by atoms with Gasteiger partial charge < -0.3 is 90.6 Å². The van der Waals surface area contributed by atoms with Crippen LogP contribution in [-0.4, -0.2) is 196 Å². The summed E-state index contributed by atoms with van der Waals surface area (Å²) in [5, 5.41) is 137. The zero-order chi connectivity index (χ0) is 33.3. The van der Waals surface area contributed by atoms with Crippen LogP contribution in [-0.2, 0) is 18.9 Å². The lowest BCUT2D eigenvalue weighted by Gasteiger charge is -2.49. The van der Waals surface area contributed by atoms with Crippen molar-refractivity contribution in [3.05, 3.63) is 11.6 Å². The van der Waals surface area contributed by atoms with Gasteiger partial charge in [-0.25, -0.2) is 0 Å². The zero-order valence-corrected chi connectivity index (χ0v) is 24.5. The summed E-state index contributed by atoms with van der Waals surface area (Å²) in [5.74, 6) is -0.919. The van der Waals surface area contributed by atoms with E-state index in [-0.39, 0.29) is 18.4 Å². The molecular weight excluding hydrogens is 610 g/mol. The van der Waals surface area contributed by atoms with Gasteiger partial charge in [-0.05, 0) is 18.4 Å². The Morgan fingerprint density at radius 1 is 0.667 bits per heavy atom. The maximum Gasteiger partial charge on any atom is 0.187 e. The lowest BCUT2D eigenvalue weighted by Crippen LogP contribution is -2.67. The summed E-state index contributed by atoms with van der Waals surface area (Å²) in [4.78, 5) is 0. The van der Waals surface area contributed by atoms with E-state index in [4.69, 9.17) is 18.9 Å². The topological polar surface area (TPSA) is 312 Å². The van der Waals surface area contributed by atoms with Crippen molar-refractivity contribution in [3.63, 3.8) is 0 Å². The highest BCUT2D eigenvalue weighted by molar-refractivity contribution is 5.22. The second kappa shape index (κ2) is 15.5. The normalized spacial score (nSPS) is 51.2. The molecule has 19 unspecified atom stereocenters. The van der Waals surface area contributed by atoms with E-state index in [1.54, 1.807) is 6.92 Å². The van der Waals surface area contributed by atoms with Crippen molar-refractivity contribution in [2.75, 3.05) is 19.8 Å². The Morgan fingerprint density at radius 2 is 1.24 bits per heavy atom. The molecule has 0 spiro atoms. The van der Waals surface area contributed by atoms with Gasteiger partial charge >= 0.3 is 0 Å². The Morgan fingerprint density at radius 3 is 1.82 bits per heavy atom. The number of aliphatic hydroxyl groups is 13. The Hall–Kier alpha value is -0.980. The highest BCUT2D eigenvalue weighted by Gasteiger charge is 2.53. The largest absolute Gasteiger partial charge is 0.396 e. The first-order valence-corrected chi connectivity index (χ1v) is 15.0. The average Bonchev–Trinajstić information content (AvgIpc) is 3.03. The van der Waals surface area contributed by atoms with Crippen LogP contribution in [0.4, 0.5) is 0 Å². The van der Waals surface area contributed by atoms with Crippen LogP contribution in [0, 0.1) is 5.92 Å². The molecule has 18 heteroatoms. The molecule has 1 saturated carbocycles. The van der Waals surface area contributed by atoms with E-state index in [1.807, 2.05) is 0 Å². The van der Waals surface area contributed by atoms with Crippen LogP contribution in [0.5, 0.6) is 0 Å². The molecule has 18 nitrogen and oxygen atoms in total. The summed E-state index contributed by atoms with van der Waals surface area (Å²) in [6, 6.07) is -2.05. The molecule has 4 aliphatic rings. The number of ether oxygens (including phenoxy) is 4. The van der Waals surface area contributed by atoms with E-state index < -0.39 is 136 Å². The molecule has 3 fully saturated rings. The standard InChI is InChI=1S/C27H47NO17/c1-2-12-17(35)19(37)22(40)26(42-12)45-25-13(7-31)43-27(23(41)21(25)39)44-24-9(6-30)4-11(16(34)20(24)38)28-10-3-8(5-29)14(32)18(36)15(10)33/h3,9-41H,2,4-7H2,1H3. The third-order valence-electron chi connectivity index (χ3n) is 9.23. The molecule has 14 N–H and O–H groups in total. The molecule has 2 aliphatic heterocycles. The van der Waals surface area contributed by atoms with E-state index in [9.17, 15) is 66.4 Å². The number of rotatable bonds is 10. The zero-order valence-electron chi connectivity index (χ0n) is 24.5. The monoisotopic (exact) mass is 657 g/mol. The van der Waals surface area contributed by atoms with Crippen LogP contribution >= 0.6 is 0 Å². The van der Waals surface area contributed by atoms with Gasteiger partial charge in [0.2, 0.25) is 0 Å². The SMILES string of the molecule is CCC1OC(OC2C(CO)OC(OC3C(CO)CC(NC4C=C(CO)C(O)C(O)C4O)C(O)C3O)C(O)C2O)C(O)C(O)C1O. The predicted octanol–water partition coefficient (Wildman–Crippen LogP) is -7.51. The summed E-state index contributed by atoms with van der Waals surface area (Å²) >= 11 is 0. The molecule has 0 radical (unpaired) electrons. The predicted molar refractivity (Wildman–Crippen MR) is 146 cm³/mol. The minimum absolute atomic E-state index is 0.0299. The summed E-state index contributed by atoms with van der Waals surface area (Å²) in [7, 11) is 0. The van der Waals surface area contributed by atoms with E-state index in [0.29, 0.717) is 0 Å². The van der Waals surface area contributed by atoms with Crippen LogP contribution in [0.2, 0.25) is 0 Å². The van der Waals surface area contributed by atoms with E-state index in [1.165, 1.54) is 6.08 Å². The van der Waals surface area contributed by atoms with Crippen LogP contribution in [0.1, 0.15) is 19.8 Å². The Kier molecular flexibility index (Phi) is 12.7. The lowest BCUT2D eigenvalue weighted by atomic mass is 9.78. The molecule has 2 saturated heterocycles. The molecule has 0 bridgehead atoms. The van der Waals surface area contributed by atoms with Crippen molar-refractivity contribution in [1.82, 2.24) is 5.32 Å². The van der Waals surface area contributed by atoms with Crippen molar-refractivity contribution in [3.8, 4) is 0 Å². The summed E-state index contributed by atoms with van der Waals surface area (Å²) in [5.41, 5.74) is 0.0299. The van der Waals surface area contributed by atoms with Gasteiger partial charge in [0.1, 0.15) is 67.1 Å². The van der Waals surface area contributed by atoms with Crippen molar-refractivity contribution >= 4 is 0 Å². The lowest BCUT2D eigenvalue weighted by molar-refractivity contribution is -0.367. The van der Waals surface area contributed by atoms with Crippen molar-refractivity contribution in [2.24, 2.45) is 5.92 Å². The van der Waals surface area contributed by atoms with E-state index in [0.717, 1.165) is 0 Å². The first-order valence-electron chi connectivity index (χ1n) is 15.0. The first kappa shape index (κ1) is 36.8. The van der Waals surface area contributed by atoms with Gasteiger partial charge in [-0.3, -0.25) is 0 Å². The van der Waals surface area contributed by atoms with E-state index in [2.05, 4.69) is 5.32 Å². The van der Waals surface area contributed by atoms with Crippen LogP contribution in [0.25, 0.3) is 0 Å². The van der Waals surface area contributed by atoms with Gasteiger partial charge in [-0.15, -0.1) is 0 Å². The highest BCUT2D eigenvalue weighted by atomic mass is 16.7. The molecule has 2 aliphatic carbocycles. The molecule has 45 heavy (non-hydrogen) atoms. The minimum Gasteiger partial charge on any atom is -0.396 e.